The van der Waals surface area contributed by atoms with Crippen molar-refractivity contribution < 1.29 is 9.53 Å². The Kier molecular flexibility index (Phi) is 5.40. The Balaban J connectivity index is 1.68. The van der Waals surface area contributed by atoms with E-state index in [1.807, 2.05) is 18.4 Å². The number of amides is 1. The molecular weight excluding hydrogens is 320 g/mol. The molecule has 2 fully saturated rings. The third-order valence-corrected chi connectivity index (χ3v) is 6.87. The predicted molar refractivity (Wildman–Crippen MR) is 99.6 cm³/mol. The molecule has 0 aromatic heterocycles. The Morgan fingerprint density at radius 3 is 2.67 bits per heavy atom. The van der Waals surface area contributed by atoms with Crippen molar-refractivity contribution in [3.05, 3.63) is 29.8 Å². The predicted octanol–water partition coefficient (Wildman–Crippen LogP) is 3.09. The third kappa shape index (κ3) is 3.57. The van der Waals surface area contributed by atoms with Crippen molar-refractivity contribution in [2.24, 2.45) is 5.92 Å². The van der Waals surface area contributed by atoms with Gasteiger partial charge in [0.05, 0.1) is 11.9 Å². The van der Waals surface area contributed by atoms with Crippen LogP contribution >= 0.6 is 11.8 Å². The number of thioether (sulfide) groups is 1. The van der Waals surface area contributed by atoms with Gasteiger partial charge in [-0.2, -0.15) is 0 Å². The number of methoxy groups -OCH3 is 1. The fourth-order valence-corrected chi connectivity index (χ4v) is 4.59. The summed E-state index contributed by atoms with van der Waals surface area (Å²) in [5.74, 6) is 1.58. The number of benzene rings is 1. The van der Waals surface area contributed by atoms with E-state index in [9.17, 15) is 4.79 Å². The highest BCUT2D eigenvalue weighted by molar-refractivity contribution is 8.01. The van der Waals surface area contributed by atoms with Crippen molar-refractivity contribution in [1.29, 1.82) is 0 Å². The molecule has 0 bridgehead atoms. The molecule has 24 heavy (non-hydrogen) atoms. The molecule has 1 N–H and O–H groups in total. The van der Waals surface area contributed by atoms with Crippen molar-refractivity contribution in [1.82, 2.24) is 10.2 Å². The van der Waals surface area contributed by atoms with Crippen LogP contribution in [0, 0.1) is 5.92 Å². The van der Waals surface area contributed by atoms with Crippen molar-refractivity contribution in [2.45, 2.75) is 36.5 Å². The van der Waals surface area contributed by atoms with Crippen molar-refractivity contribution in [2.75, 3.05) is 33.5 Å². The lowest BCUT2D eigenvalue weighted by Gasteiger charge is -2.40. The van der Waals surface area contributed by atoms with E-state index in [-0.39, 0.29) is 10.7 Å². The van der Waals surface area contributed by atoms with Crippen molar-refractivity contribution >= 4 is 17.7 Å². The first-order valence-electron chi connectivity index (χ1n) is 8.77. The van der Waals surface area contributed by atoms with Gasteiger partial charge in [0, 0.05) is 12.6 Å². The van der Waals surface area contributed by atoms with E-state index < -0.39 is 0 Å². The SMILES string of the molecule is COc1ccc(C2C(CNC(=O)C3(SC)CC3)CCCN2C)cc1. The van der Waals surface area contributed by atoms with Crippen molar-refractivity contribution in [3.8, 4) is 5.75 Å². The summed E-state index contributed by atoms with van der Waals surface area (Å²) in [5, 5.41) is 3.24. The van der Waals surface area contributed by atoms with Gasteiger partial charge in [-0.05, 0) is 69.1 Å². The average molecular weight is 349 g/mol. The molecule has 2 unspecified atom stereocenters. The first kappa shape index (κ1) is 17.6. The van der Waals surface area contributed by atoms with Crippen molar-refractivity contribution in [3.63, 3.8) is 0 Å². The minimum absolute atomic E-state index is 0.129. The molecule has 1 saturated carbocycles. The van der Waals surface area contributed by atoms with E-state index in [1.54, 1.807) is 18.9 Å². The smallest absolute Gasteiger partial charge is 0.236 e. The van der Waals surface area contributed by atoms with Crippen LogP contribution in [0.15, 0.2) is 24.3 Å². The fraction of sp³-hybridized carbons (Fsp3) is 0.632. The zero-order chi connectivity index (χ0) is 17.2. The molecule has 1 aliphatic carbocycles. The van der Waals surface area contributed by atoms with E-state index >= 15 is 0 Å². The number of nitrogens with zero attached hydrogens (tertiary/aromatic N) is 1. The highest BCUT2D eigenvalue weighted by atomic mass is 32.2. The second-order valence-electron chi connectivity index (χ2n) is 7.01. The van der Waals surface area contributed by atoms with Gasteiger partial charge in [-0.25, -0.2) is 0 Å². The number of carbonyl (C=O) groups is 1. The molecule has 3 rings (SSSR count). The molecule has 5 heteroatoms. The normalized spacial score (nSPS) is 26.0. The summed E-state index contributed by atoms with van der Waals surface area (Å²) in [5.41, 5.74) is 1.31. The highest BCUT2D eigenvalue weighted by Gasteiger charge is 2.49. The Morgan fingerprint density at radius 1 is 1.38 bits per heavy atom. The van der Waals surface area contributed by atoms with Gasteiger partial charge < -0.3 is 10.1 Å². The van der Waals surface area contributed by atoms with Crippen LogP contribution in [0.5, 0.6) is 5.75 Å². The lowest BCUT2D eigenvalue weighted by molar-refractivity contribution is -0.121. The fourth-order valence-electron chi connectivity index (χ4n) is 3.82. The zero-order valence-electron chi connectivity index (χ0n) is 14.9. The molecule has 1 heterocycles. The molecule has 2 atom stereocenters. The van der Waals surface area contributed by atoms with Crippen LogP contribution in [-0.4, -0.2) is 49.1 Å². The Hall–Kier alpha value is -1.20. The first-order valence-corrected chi connectivity index (χ1v) is 10.00. The topological polar surface area (TPSA) is 41.6 Å². The van der Waals surface area contributed by atoms with E-state index in [0.29, 0.717) is 12.0 Å². The first-order chi connectivity index (χ1) is 11.6. The summed E-state index contributed by atoms with van der Waals surface area (Å²) in [4.78, 5) is 14.9. The maximum Gasteiger partial charge on any atom is 0.236 e. The number of piperidine rings is 1. The van der Waals surface area contributed by atoms with Gasteiger partial charge in [-0.15, -0.1) is 11.8 Å². The molecule has 1 amide bonds. The summed E-state index contributed by atoms with van der Waals surface area (Å²) in [7, 11) is 3.88. The number of likely N-dealkylation sites (tertiary alicyclic amines) is 1. The van der Waals surface area contributed by atoms with E-state index in [1.165, 1.54) is 12.0 Å². The molecule has 132 valence electrons. The lowest BCUT2D eigenvalue weighted by atomic mass is 9.85. The largest absolute Gasteiger partial charge is 0.497 e. The quantitative estimate of drug-likeness (QED) is 0.858. The van der Waals surface area contributed by atoms with Gasteiger partial charge in [-0.1, -0.05) is 12.1 Å². The summed E-state index contributed by atoms with van der Waals surface area (Å²) < 4.78 is 5.14. The molecule has 2 aliphatic rings. The Labute approximate surface area is 149 Å². The highest BCUT2D eigenvalue weighted by Crippen LogP contribution is 2.47. The van der Waals surface area contributed by atoms with E-state index in [4.69, 9.17) is 4.74 Å². The standard InChI is InChI=1S/C19H28N2O2S/c1-21-12-4-5-15(13-20-18(22)19(24-3)10-11-19)17(21)14-6-8-16(23-2)9-7-14/h6-9,15,17H,4-5,10-13H2,1-3H3,(H,20,22). The van der Waals surface area contributed by atoms with Gasteiger partial charge in [0.1, 0.15) is 5.75 Å². The average Bonchev–Trinajstić information content (AvgIpc) is 3.41. The van der Waals surface area contributed by atoms with Gasteiger partial charge >= 0.3 is 0 Å². The maximum absolute atomic E-state index is 12.4. The van der Waals surface area contributed by atoms with Crippen LogP contribution in [0.3, 0.4) is 0 Å². The number of hydrogen-bond acceptors (Lipinski definition) is 4. The maximum atomic E-state index is 12.4. The van der Waals surface area contributed by atoms with Gasteiger partial charge in [-0.3, -0.25) is 9.69 Å². The summed E-state index contributed by atoms with van der Waals surface area (Å²) in [6.45, 7) is 1.87. The minimum atomic E-state index is -0.129. The molecule has 1 aliphatic heterocycles. The van der Waals surface area contributed by atoms with Crippen LogP contribution in [0.1, 0.15) is 37.3 Å². The van der Waals surface area contributed by atoms with Crippen LogP contribution < -0.4 is 10.1 Å². The van der Waals surface area contributed by atoms with Gasteiger partial charge in [0.2, 0.25) is 5.91 Å². The minimum Gasteiger partial charge on any atom is -0.497 e. The second kappa shape index (κ2) is 7.36. The zero-order valence-corrected chi connectivity index (χ0v) is 15.7. The molecule has 0 spiro atoms. The Morgan fingerprint density at radius 2 is 2.08 bits per heavy atom. The number of ether oxygens (including phenoxy) is 1. The number of hydrogen-bond donors (Lipinski definition) is 1. The van der Waals surface area contributed by atoms with Crippen LogP contribution in [0.4, 0.5) is 0 Å². The number of carbonyl (C=O) groups excluding carboxylic acids is 1. The second-order valence-corrected chi connectivity index (χ2v) is 8.20. The van der Waals surface area contributed by atoms with E-state index in [0.717, 1.165) is 38.1 Å². The molecule has 1 aromatic carbocycles. The molecule has 0 radical (unpaired) electrons. The summed E-state index contributed by atoms with van der Waals surface area (Å²) in [6.07, 6.45) is 6.44. The van der Waals surface area contributed by atoms with Gasteiger partial charge in [0.15, 0.2) is 0 Å². The third-order valence-electron chi connectivity index (χ3n) is 5.50. The Bertz CT molecular complexity index is 571. The van der Waals surface area contributed by atoms with Gasteiger partial charge in [0.25, 0.3) is 0 Å². The molecule has 1 aromatic rings. The lowest BCUT2D eigenvalue weighted by Crippen LogP contribution is -2.44. The van der Waals surface area contributed by atoms with Crippen LogP contribution in [0.25, 0.3) is 0 Å². The molecule has 4 nitrogen and oxygen atoms in total. The van der Waals surface area contributed by atoms with Crippen LogP contribution in [-0.2, 0) is 4.79 Å². The number of rotatable bonds is 6. The summed E-state index contributed by atoms with van der Waals surface area (Å²) >= 11 is 1.70. The van der Waals surface area contributed by atoms with Crippen LogP contribution in [0.2, 0.25) is 0 Å². The monoisotopic (exact) mass is 348 g/mol. The number of nitrogens with one attached hydrogen (secondary N) is 1. The molecular formula is C19H28N2O2S. The summed E-state index contributed by atoms with van der Waals surface area (Å²) in [6, 6.07) is 8.73. The molecule has 1 saturated heterocycles. The van der Waals surface area contributed by atoms with E-state index in [2.05, 4.69) is 29.4 Å².